The molecule has 0 fully saturated rings. The van der Waals surface area contributed by atoms with E-state index >= 15 is 0 Å². The van der Waals surface area contributed by atoms with Crippen molar-refractivity contribution in [2.75, 3.05) is 0 Å². The molecule has 1 aromatic carbocycles. The second-order valence-corrected chi connectivity index (χ2v) is 4.00. The number of esters is 2. The zero-order valence-corrected chi connectivity index (χ0v) is 12.1. The van der Waals surface area contributed by atoms with Crippen LogP contribution >= 0.6 is 0 Å². The maximum Gasteiger partial charge on any atom is 0.335 e. The van der Waals surface area contributed by atoms with Gasteiger partial charge in [0, 0.05) is 17.7 Å². The first-order valence-electron chi connectivity index (χ1n) is 6.15. The van der Waals surface area contributed by atoms with Crippen LogP contribution < -0.4 is 4.74 Å². The number of carbonyl (C=O) groups excluding carboxylic acids is 3. The Morgan fingerprint density at radius 1 is 1.05 bits per heavy atom. The molecule has 5 nitrogen and oxygen atoms in total. The van der Waals surface area contributed by atoms with E-state index in [4.69, 9.17) is 4.74 Å². The van der Waals surface area contributed by atoms with Crippen molar-refractivity contribution >= 4 is 18.2 Å². The van der Waals surface area contributed by atoms with Gasteiger partial charge in [-0.25, -0.2) is 9.59 Å². The van der Waals surface area contributed by atoms with E-state index in [1.807, 2.05) is 0 Å². The Bertz CT molecular complexity index is 500. The molecule has 0 atom stereocenters. The molecular formula is C16H18O5. The molecule has 1 aromatic rings. The fourth-order valence-electron chi connectivity index (χ4n) is 1.05. The lowest BCUT2D eigenvalue weighted by Crippen LogP contribution is -2.07. The van der Waals surface area contributed by atoms with E-state index in [0.717, 1.165) is 18.4 Å². The summed E-state index contributed by atoms with van der Waals surface area (Å²) in [5.41, 5.74) is 0.540. The van der Waals surface area contributed by atoms with Gasteiger partial charge in [-0.3, -0.25) is 4.79 Å². The van der Waals surface area contributed by atoms with Gasteiger partial charge in [-0.1, -0.05) is 13.2 Å². The van der Waals surface area contributed by atoms with E-state index in [-0.39, 0.29) is 12.1 Å². The van der Waals surface area contributed by atoms with Gasteiger partial charge in [-0.05, 0) is 38.1 Å². The molecule has 0 aliphatic heterocycles. The molecule has 112 valence electrons. The van der Waals surface area contributed by atoms with E-state index in [1.165, 1.54) is 0 Å². The first-order valence-corrected chi connectivity index (χ1v) is 6.15. The Morgan fingerprint density at radius 2 is 1.57 bits per heavy atom. The third kappa shape index (κ3) is 8.93. The van der Waals surface area contributed by atoms with Crippen LogP contribution in [0.1, 0.15) is 24.2 Å². The van der Waals surface area contributed by atoms with Crippen molar-refractivity contribution in [1.82, 2.24) is 0 Å². The van der Waals surface area contributed by atoms with Gasteiger partial charge in [0.15, 0.2) is 0 Å². The SMILES string of the molecule is C=CC(=O)OC(C)C.C=CC(=O)Oc1ccc(C=O)cc1. The van der Waals surface area contributed by atoms with Crippen molar-refractivity contribution in [3.8, 4) is 5.75 Å². The summed E-state index contributed by atoms with van der Waals surface area (Å²) in [5, 5.41) is 0. The van der Waals surface area contributed by atoms with Gasteiger partial charge in [0.1, 0.15) is 12.0 Å². The minimum Gasteiger partial charge on any atom is -0.460 e. The maximum absolute atomic E-state index is 10.7. The lowest BCUT2D eigenvalue weighted by molar-refractivity contribution is -0.141. The minimum atomic E-state index is -0.515. The van der Waals surface area contributed by atoms with Gasteiger partial charge in [-0.15, -0.1) is 0 Å². The van der Waals surface area contributed by atoms with Crippen LogP contribution in [0.5, 0.6) is 5.75 Å². The van der Waals surface area contributed by atoms with Crippen molar-refractivity contribution < 1.29 is 23.9 Å². The van der Waals surface area contributed by atoms with Gasteiger partial charge in [0.2, 0.25) is 0 Å². The number of benzene rings is 1. The first kappa shape index (κ1) is 18.3. The Hall–Kier alpha value is -2.69. The molecule has 0 N–H and O–H groups in total. The Balaban J connectivity index is 0.000000433. The highest BCUT2D eigenvalue weighted by Gasteiger charge is 1.98. The van der Waals surface area contributed by atoms with Gasteiger partial charge in [0.05, 0.1) is 6.10 Å². The molecule has 0 bridgehead atoms. The van der Waals surface area contributed by atoms with Crippen LogP contribution in [-0.4, -0.2) is 24.3 Å². The van der Waals surface area contributed by atoms with Crippen molar-refractivity contribution in [3.63, 3.8) is 0 Å². The second kappa shape index (κ2) is 10.1. The molecular weight excluding hydrogens is 272 g/mol. The molecule has 0 aromatic heterocycles. The molecule has 0 heterocycles. The lowest BCUT2D eigenvalue weighted by Gasteiger charge is -2.02. The van der Waals surface area contributed by atoms with Gasteiger partial charge in [-0.2, -0.15) is 0 Å². The fraction of sp³-hybridized carbons (Fsp3) is 0.188. The van der Waals surface area contributed by atoms with Crippen LogP contribution in [-0.2, 0) is 14.3 Å². The molecule has 0 aliphatic carbocycles. The number of hydrogen-bond acceptors (Lipinski definition) is 5. The zero-order valence-electron chi connectivity index (χ0n) is 12.1. The quantitative estimate of drug-likeness (QED) is 0.361. The molecule has 0 amide bonds. The highest BCUT2D eigenvalue weighted by molar-refractivity contribution is 5.83. The van der Waals surface area contributed by atoms with Gasteiger partial charge >= 0.3 is 11.9 Å². The van der Waals surface area contributed by atoms with Crippen molar-refractivity contribution in [1.29, 1.82) is 0 Å². The topological polar surface area (TPSA) is 69.7 Å². The predicted molar refractivity (Wildman–Crippen MR) is 79.1 cm³/mol. The van der Waals surface area contributed by atoms with Crippen molar-refractivity contribution in [2.24, 2.45) is 0 Å². The van der Waals surface area contributed by atoms with E-state index in [2.05, 4.69) is 17.9 Å². The monoisotopic (exact) mass is 290 g/mol. The molecule has 0 spiro atoms. The number of ether oxygens (including phenoxy) is 2. The highest BCUT2D eigenvalue weighted by atomic mass is 16.5. The van der Waals surface area contributed by atoms with Crippen LogP contribution in [0.25, 0.3) is 0 Å². The molecule has 0 aliphatic rings. The van der Waals surface area contributed by atoms with E-state index in [9.17, 15) is 14.4 Å². The first-order chi connectivity index (χ1) is 9.92. The van der Waals surface area contributed by atoms with E-state index in [0.29, 0.717) is 11.3 Å². The van der Waals surface area contributed by atoms with Crippen molar-refractivity contribution in [3.05, 3.63) is 55.1 Å². The van der Waals surface area contributed by atoms with Crippen LogP contribution in [0.3, 0.4) is 0 Å². The third-order valence-corrected chi connectivity index (χ3v) is 1.92. The third-order valence-electron chi connectivity index (χ3n) is 1.92. The van der Waals surface area contributed by atoms with Gasteiger partial charge in [0.25, 0.3) is 0 Å². The van der Waals surface area contributed by atoms with Crippen LogP contribution in [0.2, 0.25) is 0 Å². The summed E-state index contributed by atoms with van der Waals surface area (Å²) in [5.74, 6) is -0.477. The number of rotatable bonds is 5. The summed E-state index contributed by atoms with van der Waals surface area (Å²) in [6.07, 6.45) is 2.91. The van der Waals surface area contributed by atoms with E-state index in [1.54, 1.807) is 38.1 Å². The summed E-state index contributed by atoms with van der Waals surface area (Å²) >= 11 is 0. The largest absolute Gasteiger partial charge is 0.460 e. The highest BCUT2D eigenvalue weighted by Crippen LogP contribution is 2.11. The molecule has 0 radical (unpaired) electrons. The molecule has 21 heavy (non-hydrogen) atoms. The van der Waals surface area contributed by atoms with Gasteiger partial charge < -0.3 is 9.47 Å². The standard InChI is InChI=1S/C10H8O3.C6H10O2/c1-2-10(12)13-9-5-3-8(7-11)4-6-9;1-4-6(7)8-5(2)3/h2-7H,1H2;4-5H,1H2,2-3H3. The maximum atomic E-state index is 10.7. The average Bonchev–Trinajstić information content (AvgIpc) is 2.47. The normalized spacial score (nSPS) is 8.90. The molecule has 5 heteroatoms. The smallest absolute Gasteiger partial charge is 0.335 e. The van der Waals surface area contributed by atoms with Crippen LogP contribution in [0.15, 0.2) is 49.6 Å². The molecule has 1 rings (SSSR count). The number of hydrogen-bond donors (Lipinski definition) is 0. The minimum absolute atomic E-state index is 0.0412. The number of carbonyl (C=O) groups is 3. The summed E-state index contributed by atoms with van der Waals surface area (Å²) in [4.78, 5) is 31.3. The molecule has 0 saturated heterocycles. The fourth-order valence-corrected chi connectivity index (χ4v) is 1.05. The zero-order chi connectivity index (χ0) is 16.3. The second-order valence-electron chi connectivity index (χ2n) is 4.00. The van der Waals surface area contributed by atoms with Crippen LogP contribution in [0, 0.1) is 0 Å². The summed E-state index contributed by atoms with van der Waals surface area (Å²) in [7, 11) is 0. The Labute approximate surface area is 123 Å². The van der Waals surface area contributed by atoms with Crippen molar-refractivity contribution in [2.45, 2.75) is 20.0 Å². The summed E-state index contributed by atoms with van der Waals surface area (Å²) < 4.78 is 9.43. The van der Waals surface area contributed by atoms with Crippen LogP contribution in [0.4, 0.5) is 0 Å². The Morgan fingerprint density at radius 3 is 1.90 bits per heavy atom. The molecule has 0 saturated carbocycles. The van der Waals surface area contributed by atoms with E-state index < -0.39 is 5.97 Å². The lowest BCUT2D eigenvalue weighted by atomic mass is 10.2. The summed E-state index contributed by atoms with van der Waals surface area (Å²) in [6, 6.07) is 6.23. The Kier molecular flexibility index (Phi) is 8.84. The summed E-state index contributed by atoms with van der Waals surface area (Å²) in [6.45, 7) is 10.1. The predicted octanol–water partition coefficient (Wildman–Crippen LogP) is 2.71. The molecule has 0 unspecified atom stereocenters. The average molecular weight is 290 g/mol. The number of aldehydes is 1.